The van der Waals surface area contributed by atoms with E-state index in [-0.39, 0.29) is 5.91 Å². The number of nitrogens with zero attached hydrogens (tertiary/aromatic N) is 3. The van der Waals surface area contributed by atoms with E-state index in [2.05, 4.69) is 12.0 Å². The van der Waals surface area contributed by atoms with Crippen LogP contribution in [0.15, 0.2) is 18.2 Å². The molecule has 4 nitrogen and oxygen atoms in total. The minimum Gasteiger partial charge on any atom is -0.337 e. The molecule has 0 spiro atoms. The predicted molar refractivity (Wildman–Crippen MR) is 90.5 cm³/mol. The van der Waals surface area contributed by atoms with E-state index in [0.717, 1.165) is 47.4 Å². The molecule has 1 aliphatic rings. The van der Waals surface area contributed by atoms with E-state index in [4.69, 9.17) is 11.6 Å². The van der Waals surface area contributed by atoms with Gasteiger partial charge in [-0.1, -0.05) is 18.5 Å². The maximum Gasteiger partial charge on any atom is 0.274 e. The van der Waals surface area contributed by atoms with Crippen LogP contribution < -0.4 is 0 Å². The molecule has 2 aromatic heterocycles. The molecule has 3 heterocycles. The molecular formula is C16H20ClN3OS. The fraction of sp³-hybridized carbons (Fsp3) is 0.500. The van der Waals surface area contributed by atoms with E-state index < -0.39 is 0 Å². The average molecular weight is 338 g/mol. The standard InChI is InChI=1S/C16H20ClN3OS/c1-3-20-13(14-4-5-15(17)22-14)10-12(18-20)16(21)19-8-6-11(2)7-9-19/h4-5,10-11H,3,6-9H2,1-2H3. The van der Waals surface area contributed by atoms with Crippen LogP contribution in [0.25, 0.3) is 10.6 Å². The Morgan fingerprint density at radius 1 is 1.41 bits per heavy atom. The van der Waals surface area contributed by atoms with Crippen LogP contribution in [0, 0.1) is 5.92 Å². The SMILES string of the molecule is CCn1nc(C(=O)N2CCC(C)CC2)cc1-c1ccc(Cl)s1. The molecule has 0 radical (unpaired) electrons. The van der Waals surface area contributed by atoms with Crippen molar-refractivity contribution in [2.24, 2.45) is 5.92 Å². The fourth-order valence-electron chi connectivity index (χ4n) is 2.79. The van der Waals surface area contributed by atoms with Gasteiger partial charge in [-0.25, -0.2) is 0 Å². The van der Waals surface area contributed by atoms with Crippen molar-refractivity contribution in [3.63, 3.8) is 0 Å². The molecule has 1 amide bonds. The van der Waals surface area contributed by atoms with Crippen molar-refractivity contribution in [1.29, 1.82) is 0 Å². The van der Waals surface area contributed by atoms with Gasteiger partial charge in [-0.3, -0.25) is 9.48 Å². The van der Waals surface area contributed by atoms with Crippen molar-refractivity contribution in [1.82, 2.24) is 14.7 Å². The van der Waals surface area contributed by atoms with Crippen molar-refractivity contribution >= 4 is 28.8 Å². The molecule has 0 saturated carbocycles. The zero-order valence-electron chi connectivity index (χ0n) is 12.9. The van der Waals surface area contributed by atoms with Crippen LogP contribution in [0.4, 0.5) is 0 Å². The van der Waals surface area contributed by atoms with E-state index in [1.54, 1.807) is 0 Å². The van der Waals surface area contributed by atoms with Crippen molar-refractivity contribution in [3.05, 3.63) is 28.2 Å². The topological polar surface area (TPSA) is 38.1 Å². The molecule has 118 valence electrons. The van der Waals surface area contributed by atoms with Crippen LogP contribution >= 0.6 is 22.9 Å². The zero-order valence-corrected chi connectivity index (χ0v) is 14.5. The molecule has 0 atom stereocenters. The number of likely N-dealkylation sites (tertiary alicyclic amines) is 1. The number of carbonyl (C=O) groups is 1. The van der Waals surface area contributed by atoms with Gasteiger partial charge in [0.15, 0.2) is 5.69 Å². The van der Waals surface area contributed by atoms with Crippen LogP contribution in [0.5, 0.6) is 0 Å². The summed E-state index contributed by atoms with van der Waals surface area (Å²) in [5, 5.41) is 4.50. The highest BCUT2D eigenvalue weighted by atomic mass is 35.5. The van der Waals surface area contributed by atoms with Crippen molar-refractivity contribution in [3.8, 4) is 10.6 Å². The monoisotopic (exact) mass is 337 g/mol. The van der Waals surface area contributed by atoms with Crippen LogP contribution in [0.1, 0.15) is 37.2 Å². The van der Waals surface area contributed by atoms with E-state index >= 15 is 0 Å². The average Bonchev–Trinajstić information content (AvgIpc) is 3.13. The summed E-state index contributed by atoms with van der Waals surface area (Å²) in [5.41, 5.74) is 1.50. The van der Waals surface area contributed by atoms with Gasteiger partial charge < -0.3 is 4.90 Å². The molecule has 0 unspecified atom stereocenters. The maximum absolute atomic E-state index is 12.7. The Morgan fingerprint density at radius 2 is 2.14 bits per heavy atom. The summed E-state index contributed by atoms with van der Waals surface area (Å²) in [6.45, 7) is 6.67. The van der Waals surface area contributed by atoms with Gasteiger partial charge in [0.25, 0.3) is 5.91 Å². The second-order valence-corrected chi connectivity index (χ2v) is 7.52. The summed E-state index contributed by atoms with van der Waals surface area (Å²) >= 11 is 7.54. The van der Waals surface area contributed by atoms with E-state index in [1.165, 1.54) is 11.3 Å². The van der Waals surface area contributed by atoms with Crippen molar-refractivity contribution in [2.45, 2.75) is 33.2 Å². The number of carbonyl (C=O) groups excluding carboxylic acids is 1. The molecule has 0 aliphatic carbocycles. The minimum absolute atomic E-state index is 0.0444. The second kappa shape index (κ2) is 6.42. The highest BCUT2D eigenvalue weighted by molar-refractivity contribution is 7.19. The van der Waals surface area contributed by atoms with E-state index in [9.17, 15) is 4.79 Å². The minimum atomic E-state index is 0.0444. The Balaban J connectivity index is 1.85. The summed E-state index contributed by atoms with van der Waals surface area (Å²) in [6.07, 6.45) is 2.15. The normalized spacial score (nSPS) is 16.2. The van der Waals surface area contributed by atoms with Gasteiger partial charge in [0.05, 0.1) is 14.9 Å². The molecule has 1 saturated heterocycles. The third-order valence-corrected chi connectivity index (χ3v) is 5.45. The molecule has 1 aliphatic heterocycles. The number of hydrogen-bond acceptors (Lipinski definition) is 3. The molecule has 0 N–H and O–H groups in total. The van der Waals surface area contributed by atoms with Crippen molar-refractivity contribution in [2.75, 3.05) is 13.1 Å². The summed E-state index contributed by atoms with van der Waals surface area (Å²) < 4.78 is 2.62. The first-order valence-electron chi connectivity index (χ1n) is 7.71. The number of amides is 1. The molecule has 22 heavy (non-hydrogen) atoms. The van der Waals surface area contributed by atoms with E-state index in [0.29, 0.717) is 11.6 Å². The lowest BCUT2D eigenvalue weighted by Crippen LogP contribution is -2.38. The number of aryl methyl sites for hydroxylation is 1. The lowest BCUT2D eigenvalue weighted by molar-refractivity contribution is 0.0690. The number of hydrogen-bond donors (Lipinski definition) is 0. The third kappa shape index (κ3) is 3.06. The van der Waals surface area contributed by atoms with Gasteiger partial charge in [0.1, 0.15) is 0 Å². The van der Waals surface area contributed by atoms with Crippen LogP contribution in [0.3, 0.4) is 0 Å². The Morgan fingerprint density at radius 3 is 2.73 bits per heavy atom. The Bertz CT molecular complexity index is 671. The molecule has 0 bridgehead atoms. The molecular weight excluding hydrogens is 318 g/mol. The Labute approximate surface area is 139 Å². The highest BCUT2D eigenvalue weighted by Crippen LogP contribution is 2.31. The molecule has 0 aromatic carbocycles. The number of rotatable bonds is 3. The smallest absolute Gasteiger partial charge is 0.274 e. The van der Waals surface area contributed by atoms with Gasteiger partial charge in [-0.05, 0) is 43.9 Å². The summed E-state index contributed by atoms with van der Waals surface area (Å²) in [7, 11) is 0. The molecule has 6 heteroatoms. The largest absolute Gasteiger partial charge is 0.337 e. The zero-order chi connectivity index (χ0) is 15.7. The number of thiophene rings is 1. The quantitative estimate of drug-likeness (QED) is 0.843. The number of piperidine rings is 1. The van der Waals surface area contributed by atoms with Gasteiger partial charge >= 0.3 is 0 Å². The Hall–Kier alpha value is -1.33. The number of aromatic nitrogens is 2. The van der Waals surface area contributed by atoms with Gasteiger partial charge in [0.2, 0.25) is 0 Å². The first kappa shape index (κ1) is 15.6. The molecule has 3 rings (SSSR count). The fourth-order valence-corrected chi connectivity index (χ4v) is 3.85. The van der Waals surface area contributed by atoms with Crippen LogP contribution in [-0.4, -0.2) is 33.7 Å². The summed E-state index contributed by atoms with van der Waals surface area (Å²) in [4.78, 5) is 15.6. The van der Waals surface area contributed by atoms with Gasteiger partial charge in [-0.2, -0.15) is 5.10 Å². The van der Waals surface area contributed by atoms with Crippen LogP contribution in [-0.2, 0) is 6.54 Å². The van der Waals surface area contributed by atoms with Crippen molar-refractivity contribution < 1.29 is 4.79 Å². The lowest BCUT2D eigenvalue weighted by Gasteiger charge is -2.29. The Kier molecular flexibility index (Phi) is 4.54. The highest BCUT2D eigenvalue weighted by Gasteiger charge is 2.24. The summed E-state index contributed by atoms with van der Waals surface area (Å²) in [6, 6.07) is 5.75. The first-order chi connectivity index (χ1) is 10.6. The molecule has 1 fully saturated rings. The first-order valence-corrected chi connectivity index (χ1v) is 8.90. The van der Waals surface area contributed by atoms with Crippen LogP contribution in [0.2, 0.25) is 4.34 Å². The van der Waals surface area contributed by atoms with Gasteiger partial charge in [-0.15, -0.1) is 11.3 Å². The van der Waals surface area contributed by atoms with E-state index in [1.807, 2.05) is 34.7 Å². The molecule has 2 aromatic rings. The lowest BCUT2D eigenvalue weighted by atomic mass is 9.99. The third-order valence-electron chi connectivity index (χ3n) is 4.20. The summed E-state index contributed by atoms with van der Waals surface area (Å²) in [5.74, 6) is 0.754. The maximum atomic E-state index is 12.7. The number of halogens is 1. The predicted octanol–water partition coefficient (Wildman–Crippen LogP) is 4.16. The van der Waals surface area contributed by atoms with Gasteiger partial charge in [0, 0.05) is 19.6 Å². The second-order valence-electron chi connectivity index (χ2n) is 5.81.